The van der Waals surface area contributed by atoms with E-state index in [2.05, 4.69) is 103 Å². The molecule has 0 saturated heterocycles. The average molecular weight is 718 g/mol. The van der Waals surface area contributed by atoms with E-state index >= 15 is 0 Å². The smallest absolute Gasteiger partial charge is 0.143 e. The van der Waals surface area contributed by atoms with E-state index in [1.165, 1.54) is 16.3 Å². The van der Waals surface area contributed by atoms with E-state index in [1.54, 1.807) is 0 Å². The molecule has 0 atom stereocenters. The Morgan fingerprint density at radius 2 is 1.04 bits per heavy atom. The Hall–Kier alpha value is -7.42. The molecule has 0 unspecified atom stereocenters. The summed E-state index contributed by atoms with van der Waals surface area (Å²) in [6.45, 7) is 0. The fraction of sp³-hybridized carbons (Fsp3) is 0. The predicted molar refractivity (Wildman–Crippen MR) is 237 cm³/mol. The second-order valence-electron chi connectivity index (χ2n) is 14.2. The molecular formula is C54H35NO. The second kappa shape index (κ2) is 13.2. The zero-order valence-electron chi connectivity index (χ0n) is 34.3. The number of hydrogen-bond donors (Lipinski definition) is 0. The Labute approximate surface area is 330 Å². The van der Waals surface area contributed by atoms with Crippen LogP contribution in [0.3, 0.4) is 0 Å². The minimum Gasteiger partial charge on any atom is -0.455 e. The van der Waals surface area contributed by atoms with Crippen LogP contribution in [0.15, 0.2) is 217 Å². The van der Waals surface area contributed by atoms with Crippen molar-refractivity contribution in [2.24, 2.45) is 0 Å². The molecule has 0 fully saturated rings. The van der Waals surface area contributed by atoms with Crippen molar-refractivity contribution in [1.82, 2.24) is 0 Å². The van der Waals surface area contributed by atoms with Gasteiger partial charge in [0, 0.05) is 22.1 Å². The first-order chi connectivity index (χ1) is 29.4. The molecule has 11 rings (SSSR count). The van der Waals surface area contributed by atoms with Gasteiger partial charge in [-0.1, -0.05) is 164 Å². The Balaban J connectivity index is 1.10. The lowest BCUT2D eigenvalue weighted by Crippen LogP contribution is -2.10. The average Bonchev–Trinajstić information content (AvgIpc) is 3.70. The van der Waals surface area contributed by atoms with Crippen molar-refractivity contribution in [3.8, 4) is 33.4 Å². The lowest BCUT2D eigenvalue weighted by atomic mass is 9.96. The van der Waals surface area contributed by atoms with Gasteiger partial charge in [0.15, 0.2) is 0 Å². The van der Waals surface area contributed by atoms with Crippen LogP contribution < -0.4 is 4.90 Å². The van der Waals surface area contributed by atoms with Gasteiger partial charge in [-0.05, 0) is 109 Å². The van der Waals surface area contributed by atoms with E-state index in [-0.39, 0.29) is 29.9 Å². The lowest BCUT2D eigenvalue weighted by molar-refractivity contribution is 0.672. The van der Waals surface area contributed by atoms with E-state index in [0.29, 0.717) is 28.1 Å². The van der Waals surface area contributed by atoms with Gasteiger partial charge in [-0.2, -0.15) is 0 Å². The molecule has 0 aliphatic heterocycles. The third-order valence-electron chi connectivity index (χ3n) is 10.9. The molecule has 262 valence electrons. The minimum absolute atomic E-state index is 0.000337. The van der Waals surface area contributed by atoms with Crippen molar-refractivity contribution in [3.05, 3.63) is 212 Å². The SMILES string of the molecule is [2H]c1c([2H])c(-c2ccc3ccccc3c2)c([2H])c(N(c2ccc(-c3ccc(-c4cccc5ccccc45)cc3)cc2)c2cccc3oc4c5ccccc5ccc4c23)c1[2H]. The molecule has 0 bridgehead atoms. The highest BCUT2D eigenvalue weighted by Gasteiger charge is 2.21. The number of rotatable bonds is 6. The van der Waals surface area contributed by atoms with Gasteiger partial charge in [0.05, 0.1) is 16.6 Å². The summed E-state index contributed by atoms with van der Waals surface area (Å²) >= 11 is 0. The number of anilines is 3. The molecule has 0 radical (unpaired) electrons. The molecule has 1 aromatic heterocycles. The van der Waals surface area contributed by atoms with E-state index in [4.69, 9.17) is 5.79 Å². The molecule has 1 heterocycles. The minimum atomic E-state index is -0.243. The summed E-state index contributed by atoms with van der Waals surface area (Å²) in [5, 5.41) is 8.23. The van der Waals surface area contributed by atoms with Crippen molar-refractivity contribution in [2.75, 3.05) is 4.90 Å². The Morgan fingerprint density at radius 1 is 0.411 bits per heavy atom. The fourth-order valence-corrected chi connectivity index (χ4v) is 8.17. The highest BCUT2D eigenvalue weighted by molar-refractivity contribution is 6.19. The van der Waals surface area contributed by atoms with E-state index in [9.17, 15) is 4.11 Å². The molecule has 2 heteroatoms. The van der Waals surface area contributed by atoms with Crippen molar-refractivity contribution >= 4 is 71.3 Å². The highest BCUT2D eigenvalue weighted by Crippen LogP contribution is 2.45. The zero-order chi connectivity index (χ0) is 40.5. The van der Waals surface area contributed by atoms with E-state index in [0.717, 1.165) is 54.6 Å². The van der Waals surface area contributed by atoms with Crippen LogP contribution in [0.2, 0.25) is 0 Å². The summed E-state index contributed by atoms with van der Waals surface area (Å²) in [6.07, 6.45) is 0. The molecule has 11 aromatic rings. The van der Waals surface area contributed by atoms with E-state index in [1.807, 2.05) is 89.8 Å². The van der Waals surface area contributed by atoms with Gasteiger partial charge in [0.2, 0.25) is 0 Å². The number of nitrogens with zero attached hydrogens (tertiary/aromatic N) is 1. The number of fused-ring (bicyclic) bond motifs is 7. The summed E-state index contributed by atoms with van der Waals surface area (Å²) in [4.78, 5) is 1.91. The maximum absolute atomic E-state index is 9.87. The van der Waals surface area contributed by atoms with Gasteiger partial charge in [-0.15, -0.1) is 0 Å². The molecule has 2 nitrogen and oxygen atoms in total. The van der Waals surface area contributed by atoms with Gasteiger partial charge < -0.3 is 9.32 Å². The largest absolute Gasteiger partial charge is 0.455 e. The van der Waals surface area contributed by atoms with Crippen LogP contribution in [0, 0.1) is 0 Å². The molecule has 0 amide bonds. The molecule has 10 aromatic carbocycles. The van der Waals surface area contributed by atoms with Gasteiger partial charge in [0.1, 0.15) is 11.2 Å². The lowest BCUT2D eigenvalue weighted by Gasteiger charge is -2.27. The number of benzene rings is 10. The number of hydrogen-bond acceptors (Lipinski definition) is 2. The second-order valence-corrected chi connectivity index (χ2v) is 14.2. The Kier molecular flexibility index (Phi) is 6.60. The first-order valence-electron chi connectivity index (χ1n) is 20.8. The Morgan fingerprint density at radius 3 is 1.86 bits per heavy atom. The van der Waals surface area contributed by atoms with Crippen LogP contribution in [0.25, 0.3) is 87.6 Å². The summed E-state index contributed by atoms with van der Waals surface area (Å²) in [7, 11) is 0. The molecule has 0 aliphatic carbocycles. The summed E-state index contributed by atoms with van der Waals surface area (Å²) in [5.74, 6) is 0. The highest BCUT2D eigenvalue weighted by atomic mass is 16.3. The topological polar surface area (TPSA) is 16.4 Å². The monoisotopic (exact) mass is 717 g/mol. The van der Waals surface area contributed by atoms with Crippen LogP contribution in [-0.2, 0) is 0 Å². The first kappa shape index (κ1) is 28.1. The van der Waals surface area contributed by atoms with E-state index < -0.39 is 0 Å². The molecule has 0 spiro atoms. The molecule has 0 saturated carbocycles. The van der Waals surface area contributed by atoms with Crippen LogP contribution in [0.4, 0.5) is 17.1 Å². The summed E-state index contributed by atoms with van der Waals surface area (Å²) in [6, 6.07) is 63.0. The third kappa shape index (κ3) is 5.42. The normalized spacial score (nSPS) is 12.6. The predicted octanol–water partition coefficient (Wildman–Crippen LogP) is 15.5. The van der Waals surface area contributed by atoms with Crippen LogP contribution >= 0.6 is 0 Å². The maximum atomic E-state index is 9.87. The Bertz CT molecular complexity index is 3480. The third-order valence-corrected chi connectivity index (χ3v) is 10.9. The molecule has 0 N–H and O–H groups in total. The van der Waals surface area contributed by atoms with Crippen molar-refractivity contribution in [3.63, 3.8) is 0 Å². The standard InChI is InChI=1S/C54H35NO/c1-2-13-42-34-44(27-24-36(42)10-1)43-15-7-16-46(35-43)55(51-20-9-21-52-53(51)50-33-30-40-12-4-6-18-49(40)54(50)56-52)45-31-28-38(29-32-45)37-22-25-41(26-23-37)48-19-8-14-39-11-3-5-17-47(39)48/h1-35H/i7D,15D,16D,35D. The van der Waals surface area contributed by atoms with Gasteiger partial charge >= 0.3 is 0 Å². The van der Waals surface area contributed by atoms with Crippen LogP contribution in [0.5, 0.6) is 0 Å². The van der Waals surface area contributed by atoms with Crippen LogP contribution in [0.1, 0.15) is 5.48 Å². The molecule has 56 heavy (non-hydrogen) atoms. The van der Waals surface area contributed by atoms with Crippen molar-refractivity contribution in [2.45, 2.75) is 0 Å². The van der Waals surface area contributed by atoms with Gasteiger partial charge in [0.25, 0.3) is 0 Å². The van der Waals surface area contributed by atoms with Crippen molar-refractivity contribution < 1.29 is 9.90 Å². The van der Waals surface area contributed by atoms with Crippen molar-refractivity contribution in [1.29, 1.82) is 0 Å². The summed E-state index contributed by atoms with van der Waals surface area (Å²) in [5.41, 5.74) is 8.41. The maximum Gasteiger partial charge on any atom is 0.143 e. The van der Waals surface area contributed by atoms with Gasteiger partial charge in [-0.3, -0.25) is 0 Å². The summed E-state index contributed by atoms with van der Waals surface area (Å²) < 4.78 is 44.3. The molecule has 0 aliphatic rings. The quantitative estimate of drug-likeness (QED) is 0.170. The van der Waals surface area contributed by atoms with Gasteiger partial charge in [-0.25, -0.2) is 0 Å². The zero-order valence-corrected chi connectivity index (χ0v) is 30.3. The first-order valence-corrected chi connectivity index (χ1v) is 18.8. The molecular weight excluding hydrogens is 679 g/mol. The fourth-order valence-electron chi connectivity index (χ4n) is 8.17. The number of furan rings is 1. The van der Waals surface area contributed by atoms with Crippen LogP contribution in [-0.4, -0.2) is 0 Å².